The molecule has 3 atom stereocenters. The van der Waals surface area contributed by atoms with Crippen molar-refractivity contribution in [2.75, 3.05) is 17.2 Å². The monoisotopic (exact) mass is 801 g/mol. The van der Waals surface area contributed by atoms with Gasteiger partial charge in [-0.1, -0.05) is 52.3 Å². The molecule has 0 aliphatic heterocycles. The Morgan fingerprint density at radius 2 is 1.17 bits per heavy atom. The van der Waals surface area contributed by atoms with Crippen molar-refractivity contribution in [1.82, 2.24) is 5.32 Å². The summed E-state index contributed by atoms with van der Waals surface area (Å²) in [7, 11) is 0. The first-order valence-electron chi connectivity index (χ1n) is 19.7. The number of rotatable bonds is 11. The molecule has 2 aliphatic carbocycles. The van der Waals surface area contributed by atoms with Crippen molar-refractivity contribution in [3.8, 4) is 34.5 Å². The summed E-state index contributed by atoms with van der Waals surface area (Å²) in [6.45, 7) is 8.83. The minimum Gasteiger partial charge on any atom is -0.504 e. The average Bonchev–Trinajstić information content (AvgIpc) is 3.18. The Labute approximate surface area is 343 Å². The molecule has 0 heterocycles. The topological polar surface area (TPSA) is 209 Å². The molecule has 3 amide bonds. The van der Waals surface area contributed by atoms with Gasteiger partial charge in [0.25, 0.3) is 0 Å². The Bertz CT molecular complexity index is 2380. The van der Waals surface area contributed by atoms with E-state index in [1.807, 2.05) is 19.9 Å². The number of hydrogen-bond acceptors (Lipinski definition) is 9. The number of benzene rings is 4. The van der Waals surface area contributed by atoms with Crippen molar-refractivity contribution in [3.63, 3.8) is 0 Å². The van der Waals surface area contributed by atoms with Gasteiger partial charge >= 0.3 is 0 Å². The Morgan fingerprint density at radius 3 is 1.66 bits per heavy atom. The average molecular weight is 802 g/mol. The van der Waals surface area contributed by atoms with Crippen LogP contribution >= 0.6 is 0 Å². The van der Waals surface area contributed by atoms with Crippen LogP contribution in [0.15, 0.2) is 78.9 Å². The molecule has 12 heteroatoms. The summed E-state index contributed by atoms with van der Waals surface area (Å²) in [6, 6.07) is 14.9. The first-order valence-corrected chi connectivity index (χ1v) is 19.7. The van der Waals surface area contributed by atoms with E-state index in [4.69, 9.17) is 0 Å². The quantitative estimate of drug-likeness (QED) is 0.0528. The molecule has 4 aromatic rings. The Kier molecular flexibility index (Phi) is 12.1. The summed E-state index contributed by atoms with van der Waals surface area (Å²) >= 11 is 0. The van der Waals surface area contributed by atoms with E-state index in [9.17, 15) is 45.0 Å². The Morgan fingerprint density at radius 1 is 0.678 bits per heavy atom. The van der Waals surface area contributed by atoms with Crippen LogP contribution in [0.1, 0.15) is 92.7 Å². The van der Waals surface area contributed by atoms with Crippen molar-refractivity contribution in [3.05, 3.63) is 112 Å². The maximum absolute atomic E-state index is 13.7. The van der Waals surface area contributed by atoms with E-state index in [1.54, 1.807) is 24.3 Å². The molecule has 4 aromatic carbocycles. The molecule has 0 unspecified atom stereocenters. The zero-order valence-corrected chi connectivity index (χ0v) is 33.5. The third-order valence-electron chi connectivity index (χ3n) is 11.9. The summed E-state index contributed by atoms with van der Waals surface area (Å²) < 4.78 is 0. The van der Waals surface area contributed by atoms with E-state index in [1.165, 1.54) is 66.8 Å². The molecule has 0 aromatic heterocycles. The van der Waals surface area contributed by atoms with Gasteiger partial charge in [-0.05, 0) is 137 Å². The van der Waals surface area contributed by atoms with Gasteiger partial charge in [0.1, 0.15) is 0 Å². The van der Waals surface area contributed by atoms with Crippen molar-refractivity contribution < 1.29 is 45.0 Å². The molecule has 1 saturated carbocycles. The SMILES string of the molecule is CC(C)c1c(NC(=O)/C=C/c2ccc(O)c(O)c2)cc2c(c1NC(=O)/C=C/c1ccc(O)c(O)c1)CC[C@H]1[C@](C)(CNC(=O)/C=C/c3ccc(O)c(O)c3)CCC[C@]21C. The molecule has 0 radical (unpaired) electrons. The third kappa shape index (κ3) is 9.22. The number of aromatic hydroxyl groups is 6. The van der Waals surface area contributed by atoms with Crippen LogP contribution in [0.5, 0.6) is 34.5 Å². The highest BCUT2D eigenvalue weighted by atomic mass is 16.3. The van der Waals surface area contributed by atoms with Crippen LogP contribution < -0.4 is 16.0 Å². The molecule has 0 spiro atoms. The fraction of sp³-hybridized carbons (Fsp3) is 0.298. The molecule has 1 fully saturated rings. The zero-order chi connectivity index (χ0) is 42.6. The lowest BCUT2D eigenvalue weighted by molar-refractivity contribution is -0.117. The normalized spacial score (nSPS) is 20.1. The van der Waals surface area contributed by atoms with Gasteiger partial charge in [0.15, 0.2) is 34.5 Å². The van der Waals surface area contributed by atoms with Gasteiger partial charge < -0.3 is 46.6 Å². The van der Waals surface area contributed by atoms with Crippen molar-refractivity contribution in [1.29, 1.82) is 0 Å². The molecule has 2 aliphatic rings. The Hall–Kier alpha value is -6.69. The largest absolute Gasteiger partial charge is 0.504 e. The highest BCUT2D eigenvalue weighted by Gasteiger charge is 2.52. The van der Waals surface area contributed by atoms with E-state index in [0.29, 0.717) is 41.0 Å². The van der Waals surface area contributed by atoms with E-state index < -0.39 is 17.2 Å². The van der Waals surface area contributed by atoms with Gasteiger partial charge in [-0.15, -0.1) is 0 Å². The van der Waals surface area contributed by atoms with Gasteiger partial charge in [0.2, 0.25) is 17.7 Å². The fourth-order valence-corrected chi connectivity index (χ4v) is 8.96. The van der Waals surface area contributed by atoms with Gasteiger partial charge in [0.05, 0.1) is 5.69 Å². The molecular weight excluding hydrogens is 751 g/mol. The van der Waals surface area contributed by atoms with Crippen molar-refractivity contribution in [2.45, 2.75) is 71.1 Å². The van der Waals surface area contributed by atoms with Crippen molar-refractivity contribution in [2.24, 2.45) is 11.3 Å². The highest BCUT2D eigenvalue weighted by molar-refractivity contribution is 6.06. The third-order valence-corrected chi connectivity index (χ3v) is 11.9. The standard InChI is InChI=1S/C47H51N3O9/c1-27(2)44-33(49-42(58)18-10-29-7-14-35(52)38(55)23-29)25-32-31(45(44)50-43(59)19-11-30-8-15-36(53)39(56)24-30)12-16-40-46(3,20-5-21-47(32,40)4)26-48-41(57)17-9-28-6-13-34(51)37(54)22-28/h6-11,13-15,17-19,22-25,27,40,51-56H,5,12,16,20-21,26H2,1-4H3,(H,48,57)(H,49,58)(H,50,59)/b17-9+,18-10+,19-11+/t40-,46-,47+/m0/s1. The number of phenolic OH excluding ortho intramolecular Hbond substituents is 6. The van der Waals surface area contributed by atoms with Gasteiger partial charge in [-0.3, -0.25) is 14.4 Å². The number of phenols is 6. The number of fused-ring (bicyclic) bond motifs is 3. The second-order valence-electron chi connectivity index (χ2n) is 16.4. The number of carbonyl (C=O) groups excluding carboxylic acids is 3. The molecule has 6 rings (SSSR count). The molecular formula is C47H51N3O9. The first kappa shape index (κ1) is 41.9. The number of carbonyl (C=O) groups is 3. The van der Waals surface area contributed by atoms with Gasteiger partial charge in [-0.25, -0.2) is 0 Å². The van der Waals surface area contributed by atoms with Crippen molar-refractivity contribution >= 4 is 47.3 Å². The molecule has 0 bridgehead atoms. The first-order chi connectivity index (χ1) is 28.0. The number of anilines is 2. The van der Waals surface area contributed by atoms with E-state index in [-0.39, 0.29) is 57.7 Å². The van der Waals surface area contributed by atoms with Crippen LogP contribution in [0.3, 0.4) is 0 Å². The van der Waals surface area contributed by atoms with E-state index >= 15 is 0 Å². The summed E-state index contributed by atoms with van der Waals surface area (Å²) in [5, 5.41) is 68.2. The zero-order valence-electron chi connectivity index (χ0n) is 33.5. The lowest BCUT2D eigenvalue weighted by Gasteiger charge is -2.56. The highest BCUT2D eigenvalue weighted by Crippen LogP contribution is 2.59. The molecule has 9 N–H and O–H groups in total. The summed E-state index contributed by atoms with van der Waals surface area (Å²) in [6.07, 6.45) is 12.8. The second-order valence-corrected chi connectivity index (χ2v) is 16.4. The van der Waals surface area contributed by atoms with Crippen LogP contribution in [0.2, 0.25) is 0 Å². The van der Waals surface area contributed by atoms with Crippen LogP contribution in [-0.2, 0) is 26.2 Å². The minimum absolute atomic E-state index is 0.121. The van der Waals surface area contributed by atoms with E-state index in [2.05, 4.69) is 29.8 Å². The molecule has 12 nitrogen and oxygen atoms in total. The minimum atomic E-state index is -0.437. The predicted octanol–water partition coefficient (Wildman–Crippen LogP) is 8.19. The fourth-order valence-electron chi connectivity index (χ4n) is 8.96. The summed E-state index contributed by atoms with van der Waals surface area (Å²) in [4.78, 5) is 40.4. The summed E-state index contributed by atoms with van der Waals surface area (Å²) in [5.41, 5.74) is 4.77. The van der Waals surface area contributed by atoms with Gasteiger partial charge in [-0.2, -0.15) is 0 Å². The second kappa shape index (κ2) is 17.0. The lowest BCUT2D eigenvalue weighted by atomic mass is 9.49. The maximum atomic E-state index is 13.7. The van der Waals surface area contributed by atoms with Crippen LogP contribution in [-0.4, -0.2) is 54.9 Å². The van der Waals surface area contributed by atoms with E-state index in [0.717, 1.165) is 42.4 Å². The predicted molar refractivity (Wildman–Crippen MR) is 228 cm³/mol. The molecule has 0 saturated heterocycles. The lowest BCUT2D eigenvalue weighted by Crippen LogP contribution is -2.53. The van der Waals surface area contributed by atoms with Crippen LogP contribution in [0.25, 0.3) is 18.2 Å². The summed E-state index contributed by atoms with van der Waals surface area (Å²) in [5.74, 6) is -2.85. The maximum Gasteiger partial charge on any atom is 0.248 e. The van der Waals surface area contributed by atoms with Crippen LogP contribution in [0.4, 0.5) is 11.4 Å². The number of nitrogens with one attached hydrogen (secondary N) is 3. The number of hydrogen-bond donors (Lipinski definition) is 9. The molecule has 308 valence electrons. The van der Waals surface area contributed by atoms with Gasteiger partial charge in [0, 0.05) is 36.0 Å². The van der Waals surface area contributed by atoms with Crippen LogP contribution in [0, 0.1) is 11.3 Å². The smallest absolute Gasteiger partial charge is 0.248 e. The number of amides is 3. The molecule has 59 heavy (non-hydrogen) atoms. The Balaban J connectivity index is 1.34.